The Balaban J connectivity index is 2.70. The van der Waals surface area contributed by atoms with Gasteiger partial charge >= 0.3 is 0 Å². The first-order valence-electron chi connectivity index (χ1n) is 6.01. The van der Waals surface area contributed by atoms with Crippen molar-refractivity contribution in [1.82, 2.24) is 4.73 Å². The molecule has 0 saturated heterocycles. The Morgan fingerprint density at radius 1 is 1.20 bits per heavy atom. The van der Waals surface area contributed by atoms with Crippen molar-refractivity contribution >= 4 is 21.9 Å². The van der Waals surface area contributed by atoms with E-state index in [9.17, 15) is 13.6 Å². The molecular formula is C14H14ClNO3S. The Labute approximate surface area is 123 Å². The van der Waals surface area contributed by atoms with Crippen molar-refractivity contribution in [3.63, 3.8) is 0 Å². The summed E-state index contributed by atoms with van der Waals surface area (Å²) >= 11 is 6.18. The first-order valence-corrected chi connectivity index (χ1v) is 7.47. The molecule has 4 nitrogen and oxygen atoms in total. The van der Waals surface area contributed by atoms with Crippen molar-refractivity contribution in [3.05, 3.63) is 62.9 Å². The minimum Gasteiger partial charge on any atom is -0.427 e. The molecule has 6 heteroatoms. The molecule has 1 atom stereocenters. The molecule has 1 aromatic carbocycles. The molecule has 0 saturated carbocycles. The largest absolute Gasteiger partial charge is 0.427 e. The van der Waals surface area contributed by atoms with E-state index in [0.717, 1.165) is 11.1 Å². The molecule has 20 heavy (non-hydrogen) atoms. The van der Waals surface area contributed by atoms with Gasteiger partial charge in [0.1, 0.15) is 0 Å². The molecule has 0 aliphatic rings. The Morgan fingerprint density at radius 2 is 1.85 bits per heavy atom. The maximum Gasteiger partial charge on any atom is 0.242 e. The second kappa shape index (κ2) is 5.73. The van der Waals surface area contributed by atoms with Gasteiger partial charge in [-0.25, -0.2) is 0 Å². The van der Waals surface area contributed by atoms with Crippen LogP contribution in [0.1, 0.15) is 29.5 Å². The molecule has 0 amide bonds. The summed E-state index contributed by atoms with van der Waals surface area (Å²) in [6.45, 7) is 3.61. The van der Waals surface area contributed by atoms with E-state index in [1.54, 1.807) is 19.1 Å². The van der Waals surface area contributed by atoms with Gasteiger partial charge in [0.05, 0.1) is 0 Å². The average molecular weight is 312 g/mol. The predicted molar refractivity (Wildman–Crippen MR) is 77.5 cm³/mol. The third-order valence-corrected chi connectivity index (χ3v) is 4.51. The third kappa shape index (κ3) is 2.59. The molecule has 0 bridgehead atoms. The molecular weight excluding hydrogens is 298 g/mol. The topological polar surface area (TPSA) is 59.3 Å². The highest BCUT2D eigenvalue weighted by molar-refractivity contribution is 7.63. The third-order valence-electron chi connectivity index (χ3n) is 3.35. The molecule has 1 aromatic heterocycles. The Hall–Kier alpha value is -1.72. The van der Waals surface area contributed by atoms with E-state index in [4.69, 9.17) is 11.6 Å². The van der Waals surface area contributed by atoms with Crippen LogP contribution < -0.4 is 0 Å². The standard InChI is InChI=1S/C14H14ClNO3S/c1-9(12-5-3-4-6-13(12)15)11-7-8-16(17)14(10(11)2)20(18)19/h3-9,17H,1-2H3. The molecule has 1 N–H and O–H groups in total. The van der Waals surface area contributed by atoms with Crippen molar-refractivity contribution in [3.8, 4) is 0 Å². The lowest BCUT2D eigenvalue weighted by Gasteiger charge is -2.17. The van der Waals surface area contributed by atoms with Gasteiger partial charge in [0.15, 0.2) is 0 Å². The highest BCUT2D eigenvalue weighted by Crippen LogP contribution is 2.31. The first-order chi connectivity index (χ1) is 9.43. The van der Waals surface area contributed by atoms with Gasteiger partial charge in [-0.15, -0.1) is 0 Å². The zero-order chi connectivity index (χ0) is 14.9. The lowest BCUT2D eigenvalue weighted by Crippen LogP contribution is -2.06. The number of aromatic nitrogens is 1. The molecule has 2 aromatic rings. The van der Waals surface area contributed by atoms with Crippen LogP contribution in [0, 0.1) is 11.6 Å². The Bertz CT molecular complexity index is 817. The molecule has 0 radical (unpaired) electrons. The molecule has 2 rings (SSSR count). The highest BCUT2D eigenvalue weighted by atomic mass is 35.5. The number of hydrogen-bond acceptors (Lipinski definition) is 3. The normalized spacial score (nSPS) is 12.2. The summed E-state index contributed by atoms with van der Waals surface area (Å²) in [6.07, 6.45) is 1.32. The van der Waals surface area contributed by atoms with Gasteiger partial charge in [-0.1, -0.05) is 36.7 Å². The minimum absolute atomic E-state index is 0.0767. The van der Waals surface area contributed by atoms with E-state index in [1.807, 2.05) is 25.1 Å². The number of rotatable bonds is 2. The fourth-order valence-electron chi connectivity index (χ4n) is 2.30. The molecule has 0 fully saturated rings. The molecule has 106 valence electrons. The fraction of sp³-hybridized carbons (Fsp3) is 0.214. The second-order valence-corrected chi connectivity index (χ2v) is 5.79. The summed E-state index contributed by atoms with van der Waals surface area (Å²) in [5, 5.41) is 10.2. The lowest BCUT2D eigenvalue weighted by molar-refractivity contribution is 0.179. The number of nitrogens with zero attached hydrogens (tertiary/aromatic N) is 1. The molecule has 1 heterocycles. The Kier molecular flexibility index (Phi) is 4.20. The minimum atomic E-state index is -2.51. The SMILES string of the molecule is Cc1c(C(C)c2ccccc2Cl)ccn(O)c1=S(=O)=O. The number of benzene rings is 1. The van der Waals surface area contributed by atoms with Crippen LogP contribution in [-0.2, 0) is 10.3 Å². The van der Waals surface area contributed by atoms with Crippen LogP contribution >= 0.6 is 11.6 Å². The van der Waals surface area contributed by atoms with Gasteiger partial charge in [-0.2, -0.15) is 13.1 Å². The monoisotopic (exact) mass is 311 g/mol. The van der Waals surface area contributed by atoms with E-state index < -0.39 is 10.3 Å². The molecule has 0 aliphatic heterocycles. The lowest BCUT2D eigenvalue weighted by atomic mass is 9.91. The smallest absolute Gasteiger partial charge is 0.242 e. The van der Waals surface area contributed by atoms with Crippen LogP contribution in [0.2, 0.25) is 5.02 Å². The average Bonchev–Trinajstić information content (AvgIpc) is 2.38. The Morgan fingerprint density at radius 3 is 2.45 bits per heavy atom. The van der Waals surface area contributed by atoms with Gasteiger partial charge in [-0.05, 0) is 35.7 Å². The van der Waals surface area contributed by atoms with Gasteiger partial charge in [0, 0.05) is 17.1 Å². The summed E-state index contributed by atoms with van der Waals surface area (Å²) in [6, 6.07) is 9.12. The van der Waals surface area contributed by atoms with Crippen LogP contribution in [0.15, 0.2) is 36.5 Å². The molecule has 1 unspecified atom stereocenters. The van der Waals surface area contributed by atoms with Gasteiger partial charge in [0.2, 0.25) is 14.9 Å². The van der Waals surface area contributed by atoms with Gasteiger partial charge in [0.25, 0.3) is 0 Å². The van der Waals surface area contributed by atoms with E-state index in [1.165, 1.54) is 6.20 Å². The van der Waals surface area contributed by atoms with E-state index >= 15 is 0 Å². The quantitative estimate of drug-likeness (QED) is 0.684. The van der Waals surface area contributed by atoms with Crippen LogP contribution in [0.25, 0.3) is 0 Å². The van der Waals surface area contributed by atoms with Crippen molar-refractivity contribution in [1.29, 1.82) is 0 Å². The number of pyridine rings is 1. The van der Waals surface area contributed by atoms with Crippen molar-refractivity contribution < 1.29 is 13.6 Å². The van der Waals surface area contributed by atoms with Crippen LogP contribution in [0.5, 0.6) is 0 Å². The van der Waals surface area contributed by atoms with Crippen molar-refractivity contribution in [2.75, 3.05) is 0 Å². The summed E-state index contributed by atoms with van der Waals surface area (Å²) in [5.41, 5.74) is 2.23. The highest BCUT2D eigenvalue weighted by Gasteiger charge is 2.15. The van der Waals surface area contributed by atoms with Crippen LogP contribution in [0.4, 0.5) is 0 Å². The number of hydrogen-bond donors (Lipinski definition) is 1. The fourth-order valence-corrected chi connectivity index (χ4v) is 3.18. The van der Waals surface area contributed by atoms with E-state index in [-0.39, 0.29) is 10.6 Å². The summed E-state index contributed by atoms with van der Waals surface area (Å²) in [4.78, 5) is 0. The maximum absolute atomic E-state index is 11.2. The molecule has 0 spiro atoms. The van der Waals surface area contributed by atoms with Crippen molar-refractivity contribution in [2.24, 2.45) is 0 Å². The summed E-state index contributed by atoms with van der Waals surface area (Å²) in [5.74, 6) is -0.0767. The first kappa shape index (κ1) is 14.7. The predicted octanol–water partition coefficient (Wildman–Crippen LogP) is 3.25. The second-order valence-electron chi connectivity index (χ2n) is 4.52. The van der Waals surface area contributed by atoms with E-state index in [0.29, 0.717) is 15.3 Å². The van der Waals surface area contributed by atoms with E-state index in [2.05, 4.69) is 0 Å². The number of halogens is 1. The van der Waals surface area contributed by atoms with Crippen molar-refractivity contribution in [2.45, 2.75) is 19.8 Å². The summed E-state index contributed by atoms with van der Waals surface area (Å²) < 4.78 is 22.9. The van der Waals surface area contributed by atoms with Gasteiger partial charge < -0.3 is 5.21 Å². The van der Waals surface area contributed by atoms with Crippen LogP contribution in [0.3, 0.4) is 0 Å². The summed E-state index contributed by atoms with van der Waals surface area (Å²) in [7, 11) is -2.51. The zero-order valence-corrected chi connectivity index (χ0v) is 12.6. The zero-order valence-electron chi connectivity index (χ0n) is 11.0. The molecule has 0 aliphatic carbocycles. The van der Waals surface area contributed by atoms with Crippen LogP contribution in [-0.4, -0.2) is 18.4 Å². The van der Waals surface area contributed by atoms with Gasteiger partial charge in [-0.3, -0.25) is 0 Å². The maximum atomic E-state index is 11.2.